The highest BCUT2D eigenvalue weighted by Gasteiger charge is 2.54. The van der Waals surface area contributed by atoms with E-state index in [2.05, 4.69) is 19.8 Å². The number of nitrogens with two attached hydrogens (primary N) is 1. The maximum absolute atomic E-state index is 12.7. The van der Waals surface area contributed by atoms with Gasteiger partial charge < -0.3 is 21.0 Å². The monoisotopic (exact) mass is 492 g/mol. The Morgan fingerprint density at radius 2 is 2.23 bits per heavy atom. The summed E-state index contributed by atoms with van der Waals surface area (Å²) in [7, 11) is 0. The third-order valence-electron chi connectivity index (χ3n) is 3.92. The van der Waals surface area contributed by atoms with Crippen LogP contribution in [0.1, 0.15) is 12.7 Å². The van der Waals surface area contributed by atoms with Gasteiger partial charge in [0.2, 0.25) is 11.5 Å². The molecule has 1 aromatic heterocycles. The molecule has 2 atom stereocenters. The second-order valence-corrected chi connectivity index (χ2v) is 8.68. The molecule has 3 heterocycles. The number of nitrogen functional groups attached to an aromatic ring is 1. The van der Waals surface area contributed by atoms with E-state index in [1.54, 1.807) is 6.92 Å². The summed E-state index contributed by atoms with van der Waals surface area (Å²) in [6.07, 6.45) is 1.28. The van der Waals surface area contributed by atoms with Gasteiger partial charge in [0, 0.05) is 17.3 Å². The standard InChI is InChI=1S/C15H14Cl2N6O5S2/c1-2-28-21-7(10-20-15(18)30-22-10)11(24)19-8-12(25)23-9(14(26)27)5(3-6(16)17)4-29-13(8)23/h3,8,13H,2,4H2,1H3,(H,19,24)(H,26,27)(H2,18,20,22)/b21-7+. The van der Waals surface area contributed by atoms with Crippen LogP contribution in [0.25, 0.3) is 0 Å². The summed E-state index contributed by atoms with van der Waals surface area (Å²) in [4.78, 5) is 47.0. The van der Waals surface area contributed by atoms with Crippen molar-refractivity contribution >= 4 is 75.1 Å². The first kappa shape index (κ1) is 22.3. The van der Waals surface area contributed by atoms with Gasteiger partial charge in [-0.25, -0.2) is 4.79 Å². The molecule has 2 amide bonds. The number of anilines is 1. The Bertz CT molecular complexity index is 990. The second kappa shape index (κ2) is 9.20. The fourth-order valence-corrected chi connectivity index (χ4v) is 4.74. The molecule has 2 aliphatic heterocycles. The van der Waals surface area contributed by atoms with Crippen molar-refractivity contribution in [2.45, 2.75) is 18.3 Å². The van der Waals surface area contributed by atoms with E-state index in [4.69, 9.17) is 33.8 Å². The van der Waals surface area contributed by atoms with Gasteiger partial charge >= 0.3 is 5.97 Å². The van der Waals surface area contributed by atoms with Crippen molar-refractivity contribution in [3.8, 4) is 0 Å². The number of thioether (sulfide) groups is 1. The molecule has 3 rings (SSSR count). The van der Waals surface area contributed by atoms with Crippen molar-refractivity contribution in [1.29, 1.82) is 0 Å². The van der Waals surface area contributed by atoms with Gasteiger partial charge in [-0.1, -0.05) is 28.4 Å². The molecule has 160 valence electrons. The van der Waals surface area contributed by atoms with E-state index in [0.717, 1.165) is 16.4 Å². The molecule has 2 aliphatic rings. The lowest BCUT2D eigenvalue weighted by Crippen LogP contribution is -2.71. The van der Waals surface area contributed by atoms with Gasteiger partial charge in [-0.05, 0) is 18.6 Å². The molecule has 0 spiro atoms. The Morgan fingerprint density at radius 1 is 1.50 bits per heavy atom. The number of carboxylic acids is 1. The quantitative estimate of drug-likeness (QED) is 0.285. The van der Waals surface area contributed by atoms with Crippen LogP contribution in [0.15, 0.2) is 27.0 Å². The van der Waals surface area contributed by atoms with Crippen LogP contribution in [0, 0.1) is 0 Å². The Hall–Kier alpha value is -2.35. The van der Waals surface area contributed by atoms with E-state index in [1.807, 2.05) is 0 Å². The van der Waals surface area contributed by atoms with E-state index in [1.165, 1.54) is 17.8 Å². The normalized spacial score (nSPS) is 21.0. The minimum absolute atomic E-state index is 0.0429. The number of β-lactam (4-membered cyclic amide) rings is 1. The zero-order valence-electron chi connectivity index (χ0n) is 15.2. The van der Waals surface area contributed by atoms with Crippen molar-refractivity contribution < 1.29 is 24.3 Å². The number of hydrogen-bond donors (Lipinski definition) is 3. The van der Waals surface area contributed by atoms with E-state index >= 15 is 0 Å². The lowest BCUT2D eigenvalue weighted by atomic mass is 10.0. The van der Waals surface area contributed by atoms with E-state index in [0.29, 0.717) is 5.57 Å². The third-order valence-corrected chi connectivity index (χ3v) is 5.99. The van der Waals surface area contributed by atoms with Gasteiger partial charge in [-0.3, -0.25) is 14.5 Å². The molecule has 1 aromatic rings. The van der Waals surface area contributed by atoms with Crippen LogP contribution in [-0.2, 0) is 19.2 Å². The number of allylic oxidation sites excluding steroid dienone is 1. The molecule has 30 heavy (non-hydrogen) atoms. The number of nitrogens with zero attached hydrogens (tertiary/aromatic N) is 4. The number of fused-ring (bicyclic) bond motifs is 1. The fourth-order valence-electron chi connectivity index (χ4n) is 2.74. The molecule has 0 bridgehead atoms. The van der Waals surface area contributed by atoms with Gasteiger partial charge in [-0.2, -0.15) is 9.36 Å². The van der Waals surface area contributed by atoms with Gasteiger partial charge in [0.25, 0.3) is 11.8 Å². The number of rotatable bonds is 7. The van der Waals surface area contributed by atoms with Crippen molar-refractivity contribution in [2.24, 2.45) is 5.16 Å². The summed E-state index contributed by atoms with van der Waals surface area (Å²) in [6, 6.07) is -0.975. The number of hydrogen-bond acceptors (Lipinski definition) is 10. The largest absolute Gasteiger partial charge is 0.477 e. The van der Waals surface area contributed by atoms with Crippen molar-refractivity contribution in [3.05, 3.63) is 27.7 Å². The summed E-state index contributed by atoms with van der Waals surface area (Å²) in [5.41, 5.74) is 5.37. The molecular formula is C15H14Cl2N6O5S2. The van der Waals surface area contributed by atoms with Crippen molar-refractivity contribution in [2.75, 3.05) is 18.1 Å². The number of halogens is 2. The molecule has 0 saturated carbocycles. The van der Waals surface area contributed by atoms with Crippen LogP contribution >= 0.6 is 46.5 Å². The van der Waals surface area contributed by atoms with E-state index in [9.17, 15) is 19.5 Å². The zero-order chi connectivity index (χ0) is 22.0. The smallest absolute Gasteiger partial charge is 0.352 e. The Labute approximate surface area is 188 Å². The highest BCUT2D eigenvalue weighted by molar-refractivity contribution is 8.00. The number of carboxylic acid groups (broad SMARTS) is 1. The highest BCUT2D eigenvalue weighted by atomic mass is 35.5. The number of carbonyl (C=O) groups is 3. The molecule has 0 aromatic carbocycles. The summed E-state index contributed by atoms with van der Waals surface area (Å²) in [6.45, 7) is 1.87. The van der Waals surface area contributed by atoms with Crippen molar-refractivity contribution in [1.82, 2.24) is 19.6 Å². The third kappa shape index (κ3) is 4.38. The fraction of sp³-hybridized carbons (Fsp3) is 0.333. The van der Waals surface area contributed by atoms with Crippen LogP contribution in [0.5, 0.6) is 0 Å². The van der Waals surface area contributed by atoms with Crippen LogP contribution in [0.3, 0.4) is 0 Å². The Balaban J connectivity index is 1.82. The maximum atomic E-state index is 12.7. The first-order valence-electron chi connectivity index (χ1n) is 8.28. The number of aromatic nitrogens is 2. The number of carbonyl (C=O) groups excluding carboxylic acids is 2. The van der Waals surface area contributed by atoms with Gasteiger partial charge in [0.1, 0.15) is 28.2 Å². The topological polar surface area (TPSA) is 160 Å². The van der Waals surface area contributed by atoms with Crippen LogP contribution in [0.4, 0.5) is 5.13 Å². The van der Waals surface area contributed by atoms with Crippen molar-refractivity contribution in [3.63, 3.8) is 0 Å². The SMILES string of the molecule is CCO/N=C(/C(=O)NC1C(=O)N2C(C(=O)O)=C(C=C(Cl)Cl)CSC12)c1nsc(N)n1. The lowest BCUT2D eigenvalue weighted by Gasteiger charge is -2.49. The highest BCUT2D eigenvalue weighted by Crippen LogP contribution is 2.41. The van der Waals surface area contributed by atoms with Gasteiger partial charge in [0.05, 0.1) is 0 Å². The average Bonchev–Trinajstić information content (AvgIpc) is 3.11. The average molecular weight is 493 g/mol. The minimum atomic E-state index is -1.31. The first-order chi connectivity index (χ1) is 14.2. The lowest BCUT2D eigenvalue weighted by molar-refractivity contribution is -0.150. The van der Waals surface area contributed by atoms with Crippen LogP contribution < -0.4 is 11.1 Å². The molecule has 1 saturated heterocycles. The molecular weight excluding hydrogens is 479 g/mol. The van der Waals surface area contributed by atoms with E-state index < -0.39 is 29.2 Å². The Morgan fingerprint density at radius 3 is 2.80 bits per heavy atom. The molecule has 15 heteroatoms. The minimum Gasteiger partial charge on any atom is -0.477 e. The predicted octanol–water partition coefficient (Wildman–Crippen LogP) is 0.919. The van der Waals surface area contributed by atoms with Crippen LogP contribution in [0.2, 0.25) is 0 Å². The molecule has 0 radical (unpaired) electrons. The number of oxime groups is 1. The van der Waals surface area contributed by atoms with Gasteiger partial charge in [0.15, 0.2) is 5.13 Å². The molecule has 0 aliphatic carbocycles. The maximum Gasteiger partial charge on any atom is 0.352 e. The molecule has 4 N–H and O–H groups in total. The summed E-state index contributed by atoms with van der Waals surface area (Å²) in [5, 5.41) is 15.3. The number of nitrogens with one attached hydrogen (secondary N) is 1. The summed E-state index contributed by atoms with van der Waals surface area (Å²) < 4.78 is 3.80. The Kier molecular flexibility index (Phi) is 6.85. The van der Waals surface area contributed by atoms with E-state index in [-0.39, 0.29) is 39.2 Å². The molecule has 1 fully saturated rings. The molecule has 2 unspecified atom stereocenters. The second-order valence-electron chi connectivity index (χ2n) is 5.79. The number of amides is 2. The molecule has 11 nitrogen and oxygen atoms in total. The summed E-state index contributed by atoms with van der Waals surface area (Å²) in [5.74, 6) is -2.47. The van der Waals surface area contributed by atoms with Crippen LogP contribution in [-0.4, -0.2) is 66.6 Å². The summed E-state index contributed by atoms with van der Waals surface area (Å²) >= 11 is 13.4. The first-order valence-corrected chi connectivity index (χ1v) is 10.9. The van der Waals surface area contributed by atoms with Gasteiger partial charge in [-0.15, -0.1) is 11.8 Å². The predicted molar refractivity (Wildman–Crippen MR) is 112 cm³/mol. The zero-order valence-corrected chi connectivity index (χ0v) is 18.3. The number of aliphatic carboxylic acids is 1.